The number of likely N-dealkylation sites (tertiary alicyclic amines) is 1. The topological polar surface area (TPSA) is 67.4 Å². The molecule has 1 saturated heterocycles. The number of piperidine rings is 1. The summed E-state index contributed by atoms with van der Waals surface area (Å²) in [6, 6.07) is 8.45. The SMILES string of the molecule is CCNC(=NCc1ccc(NCCOC)cc1)N1CCC(OCCCOC)CC1.I. The van der Waals surface area contributed by atoms with Gasteiger partial charge in [-0.05, 0) is 43.9 Å². The van der Waals surface area contributed by atoms with Crippen molar-refractivity contribution < 1.29 is 14.2 Å². The van der Waals surface area contributed by atoms with Crippen LogP contribution in [0.5, 0.6) is 0 Å². The van der Waals surface area contributed by atoms with Crippen LogP contribution in [0.3, 0.4) is 0 Å². The van der Waals surface area contributed by atoms with Crippen LogP contribution in [0.15, 0.2) is 29.3 Å². The molecule has 1 heterocycles. The number of nitrogens with one attached hydrogen (secondary N) is 2. The summed E-state index contributed by atoms with van der Waals surface area (Å²) in [5, 5.41) is 6.77. The normalized spacial score (nSPS) is 15.0. The minimum atomic E-state index is 0. The zero-order valence-electron chi connectivity index (χ0n) is 18.7. The molecular weight excluding hydrogens is 495 g/mol. The highest BCUT2D eigenvalue weighted by atomic mass is 127. The van der Waals surface area contributed by atoms with Gasteiger partial charge in [-0.2, -0.15) is 0 Å². The van der Waals surface area contributed by atoms with E-state index in [4.69, 9.17) is 19.2 Å². The Kier molecular flexibility index (Phi) is 14.9. The second-order valence-electron chi connectivity index (χ2n) is 7.19. The third-order valence-corrected chi connectivity index (χ3v) is 4.92. The van der Waals surface area contributed by atoms with E-state index in [2.05, 4.69) is 46.7 Å². The van der Waals surface area contributed by atoms with Gasteiger partial charge in [-0.25, -0.2) is 4.99 Å². The molecule has 2 N–H and O–H groups in total. The molecule has 30 heavy (non-hydrogen) atoms. The number of nitrogens with zero attached hydrogens (tertiary/aromatic N) is 2. The van der Waals surface area contributed by atoms with Crippen molar-refractivity contribution in [2.75, 3.05) is 65.5 Å². The van der Waals surface area contributed by atoms with Crippen molar-refractivity contribution in [3.05, 3.63) is 29.8 Å². The standard InChI is InChI=1S/C22H38N4O3.HI/c1-4-23-22(26-13-10-21(11-14-26)29-16-5-15-27-2)25-18-19-6-8-20(9-7-19)24-12-17-28-3;/h6-9,21,24H,4-5,10-18H2,1-3H3,(H,23,25);1H. The van der Waals surface area contributed by atoms with Gasteiger partial charge in [0.1, 0.15) is 0 Å². The molecule has 1 aromatic carbocycles. The molecule has 0 saturated carbocycles. The van der Waals surface area contributed by atoms with E-state index >= 15 is 0 Å². The predicted molar refractivity (Wildman–Crippen MR) is 134 cm³/mol. The monoisotopic (exact) mass is 534 g/mol. The zero-order valence-corrected chi connectivity index (χ0v) is 21.0. The Hall–Kier alpha value is -1.10. The molecule has 172 valence electrons. The predicted octanol–water partition coefficient (Wildman–Crippen LogP) is 3.35. The smallest absolute Gasteiger partial charge is 0.194 e. The van der Waals surface area contributed by atoms with Crippen LogP contribution in [0.4, 0.5) is 5.69 Å². The molecule has 0 atom stereocenters. The van der Waals surface area contributed by atoms with Gasteiger partial charge >= 0.3 is 0 Å². The first kappa shape index (κ1) is 26.9. The molecule has 0 bridgehead atoms. The van der Waals surface area contributed by atoms with Gasteiger partial charge in [-0.3, -0.25) is 0 Å². The van der Waals surface area contributed by atoms with Gasteiger partial charge in [0.05, 0.1) is 19.3 Å². The number of aliphatic imine (C=N–C) groups is 1. The minimum absolute atomic E-state index is 0. The Balaban J connectivity index is 0.00000450. The van der Waals surface area contributed by atoms with Gasteiger partial charge in [-0.1, -0.05) is 12.1 Å². The van der Waals surface area contributed by atoms with Gasteiger partial charge in [0.15, 0.2) is 5.96 Å². The van der Waals surface area contributed by atoms with E-state index in [-0.39, 0.29) is 24.0 Å². The first-order chi connectivity index (χ1) is 14.3. The van der Waals surface area contributed by atoms with E-state index in [0.717, 1.165) is 70.3 Å². The van der Waals surface area contributed by atoms with Crippen molar-refractivity contribution in [1.82, 2.24) is 10.2 Å². The average Bonchev–Trinajstić information content (AvgIpc) is 2.76. The van der Waals surface area contributed by atoms with Crippen LogP contribution in [-0.2, 0) is 20.8 Å². The molecule has 1 fully saturated rings. The largest absolute Gasteiger partial charge is 0.385 e. The Morgan fingerprint density at radius 2 is 1.77 bits per heavy atom. The second-order valence-corrected chi connectivity index (χ2v) is 7.19. The van der Waals surface area contributed by atoms with Gasteiger partial charge < -0.3 is 29.7 Å². The van der Waals surface area contributed by atoms with Crippen LogP contribution in [0.1, 0.15) is 31.7 Å². The van der Waals surface area contributed by atoms with E-state index in [1.54, 1.807) is 14.2 Å². The Bertz CT molecular complexity index is 578. The van der Waals surface area contributed by atoms with Crippen LogP contribution >= 0.6 is 24.0 Å². The van der Waals surface area contributed by atoms with Crippen molar-refractivity contribution in [3.63, 3.8) is 0 Å². The molecule has 2 rings (SSSR count). The van der Waals surface area contributed by atoms with Crippen LogP contribution in [0, 0.1) is 0 Å². The molecule has 1 aromatic rings. The summed E-state index contributed by atoms with van der Waals surface area (Å²) in [5.74, 6) is 0.993. The van der Waals surface area contributed by atoms with Gasteiger partial charge in [0.25, 0.3) is 0 Å². The lowest BCUT2D eigenvalue weighted by molar-refractivity contribution is 0.00990. The van der Waals surface area contributed by atoms with E-state index in [9.17, 15) is 0 Å². The fourth-order valence-electron chi connectivity index (χ4n) is 3.30. The van der Waals surface area contributed by atoms with E-state index in [1.807, 2.05) is 0 Å². The van der Waals surface area contributed by atoms with Crippen molar-refractivity contribution in [2.45, 2.75) is 38.8 Å². The molecule has 0 aliphatic carbocycles. The second kappa shape index (κ2) is 16.6. The van der Waals surface area contributed by atoms with Gasteiger partial charge in [0, 0.05) is 59.3 Å². The van der Waals surface area contributed by atoms with Crippen molar-refractivity contribution in [3.8, 4) is 0 Å². The fraction of sp³-hybridized carbons (Fsp3) is 0.682. The van der Waals surface area contributed by atoms with E-state index in [1.165, 1.54) is 5.56 Å². The summed E-state index contributed by atoms with van der Waals surface area (Å²) >= 11 is 0. The number of rotatable bonds is 12. The lowest BCUT2D eigenvalue weighted by atomic mass is 10.1. The number of methoxy groups -OCH3 is 2. The third-order valence-electron chi connectivity index (χ3n) is 4.92. The minimum Gasteiger partial charge on any atom is -0.385 e. The highest BCUT2D eigenvalue weighted by molar-refractivity contribution is 14.0. The van der Waals surface area contributed by atoms with Crippen LogP contribution in [0.25, 0.3) is 0 Å². The Morgan fingerprint density at radius 3 is 2.40 bits per heavy atom. The molecule has 1 aliphatic rings. The first-order valence-electron chi connectivity index (χ1n) is 10.7. The molecule has 0 aromatic heterocycles. The molecule has 1 aliphatic heterocycles. The summed E-state index contributed by atoms with van der Waals surface area (Å²) in [6.07, 6.45) is 3.39. The maximum Gasteiger partial charge on any atom is 0.194 e. The summed E-state index contributed by atoms with van der Waals surface area (Å²) in [7, 11) is 3.44. The number of halogens is 1. The quantitative estimate of drug-likeness (QED) is 0.186. The fourth-order valence-corrected chi connectivity index (χ4v) is 3.30. The maximum atomic E-state index is 5.97. The lowest BCUT2D eigenvalue weighted by Gasteiger charge is -2.34. The van der Waals surface area contributed by atoms with Crippen molar-refractivity contribution in [2.24, 2.45) is 4.99 Å². The zero-order chi connectivity index (χ0) is 20.7. The van der Waals surface area contributed by atoms with Crippen molar-refractivity contribution >= 4 is 35.6 Å². The lowest BCUT2D eigenvalue weighted by Crippen LogP contribution is -2.47. The highest BCUT2D eigenvalue weighted by Gasteiger charge is 2.21. The molecule has 8 heteroatoms. The average molecular weight is 534 g/mol. The maximum absolute atomic E-state index is 5.97. The molecule has 0 amide bonds. The van der Waals surface area contributed by atoms with E-state index in [0.29, 0.717) is 19.3 Å². The van der Waals surface area contributed by atoms with Crippen LogP contribution in [-0.4, -0.2) is 77.2 Å². The van der Waals surface area contributed by atoms with Gasteiger partial charge in [0.2, 0.25) is 0 Å². The number of hydrogen-bond donors (Lipinski definition) is 2. The Morgan fingerprint density at radius 1 is 1.07 bits per heavy atom. The van der Waals surface area contributed by atoms with E-state index < -0.39 is 0 Å². The number of hydrogen-bond acceptors (Lipinski definition) is 5. The number of anilines is 1. The first-order valence-corrected chi connectivity index (χ1v) is 10.7. The summed E-state index contributed by atoms with van der Waals surface area (Å²) in [5.41, 5.74) is 2.31. The van der Waals surface area contributed by atoms with Crippen molar-refractivity contribution in [1.29, 1.82) is 0 Å². The number of guanidine groups is 1. The third kappa shape index (κ3) is 10.3. The molecule has 0 unspecified atom stereocenters. The summed E-state index contributed by atoms with van der Waals surface area (Å²) in [6.45, 7) is 8.66. The van der Waals surface area contributed by atoms with Gasteiger partial charge in [-0.15, -0.1) is 24.0 Å². The number of ether oxygens (including phenoxy) is 3. The molecule has 7 nitrogen and oxygen atoms in total. The molecule has 0 radical (unpaired) electrons. The van der Waals surface area contributed by atoms with Crippen LogP contribution < -0.4 is 10.6 Å². The summed E-state index contributed by atoms with van der Waals surface area (Å²) < 4.78 is 16.1. The molecular formula is C22H39IN4O3. The summed E-state index contributed by atoms with van der Waals surface area (Å²) in [4.78, 5) is 7.20. The Labute approximate surface area is 199 Å². The number of benzene rings is 1. The van der Waals surface area contributed by atoms with Crippen LogP contribution in [0.2, 0.25) is 0 Å². The molecule has 0 spiro atoms. The highest BCUT2D eigenvalue weighted by Crippen LogP contribution is 2.15.